The molecule has 0 spiro atoms. The van der Waals surface area contributed by atoms with Crippen molar-refractivity contribution in [3.8, 4) is 11.8 Å². The smallest absolute Gasteiger partial charge is 0.136 e. The Labute approximate surface area is 121 Å². The Bertz CT molecular complexity index is 473. The number of piperidine rings is 1. The fraction of sp³-hybridized carbons (Fsp3) is 0.562. The van der Waals surface area contributed by atoms with Crippen LogP contribution < -0.4 is 10.1 Å². The monoisotopic (exact) mass is 273 g/mol. The van der Waals surface area contributed by atoms with Gasteiger partial charge in [0, 0.05) is 6.54 Å². The summed E-state index contributed by atoms with van der Waals surface area (Å²) >= 11 is 0. The van der Waals surface area contributed by atoms with Crippen molar-refractivity contribution < 1.29 is 4.74 Å². The first kappa shape index (κ1) is 14.8. The zero-order valence-electron chi connectivity index (χ0n) is 12.4. The van der Waals surface area contributed by atoms with Crippen molar-refractivity contribution in [2.75, 3.05) is 33.8 Å². The molecule has 1 aliphatic heterocycles. The minimum Gasteiger partial charge on any atom is -0.495 e. The fourth-order valence-electron chi connectivity index (χ4n) is 2.82. The first-order valence-corrected chi connectivity index (χ1v) is 7.20. The number of benzene rings is 1. The predicted octanol–water partition coefficient (Wildman–Crippen LogP) is 2.00. The Balaban J connectivity index is 1.93. The number of hydrogen-bond acceptors (Lipinski definition) is 4. The Morgan fingerprint density at radius 1 is 1.40 bits per heavy atom. The number of nitriles is 1. The minimum atomic E-state index is 0.601. The summed E-state index contributed by atoms with van der Waals surface area (Å²) in [5.41, 5.74) is 1.82. The van der Waals surface area contributed by atoms with Crippen LogP contribution in [-0.4, -0.2) is 38.7 Å². The number of nitrogens with one attached hydrogen (secondary N) is 1. The topological polar surface area (TPSA) is 48.3 Å². The van der Waals surface area contributed by atoms with E-state index in [0.29, 0.717) is 11.3 Å². The predicted molar refractivity (Wildman–Crippen MR) is 79.6 cm³/mol. The van der Waals surface area contributed by atoms with Crippen LogP contribution in [0.25, 0.3) is 0 Å². The van der Waals surface area contributed by atoms with Gasteiger partial charge in [-0.15, -0.1) is 0 Å². The number of nitrogens with zero attached hydrogens (tertiary/aromatic N) is 2. The van der Waals surface area contributed by atoms with Gasteiger partial charge in [-0.1, -0.05) is 6.07 Å². The quantitative estimate of drug-likeness (QED) is 0.891. The van der Waals surface area contributed by atoms with Gasteiger partial charge >= 0.3 is 0 Å². The fourth-order valence-corrected chi connectivity index (χ4v) is 2.82. The van der Waals surface area contributed by atoms with Crippen molar-refractivity contribution >= 4 is 0 Å². The summed E-state index contributed by atoms with van der Waals surface area (Å²) in [7, 11) is 3.64. The van der Waals surface area contributed by atoms with Crippen molar-refractivity contribution in [2.24, 2.45) is 5.92 Å². The van der Waals surface area contributed by atoms with Gasteiger partial charge in [0.1, 0.15) is 11.8 Å². The highest BCUT2D eigenvalue weighted by molar-refractivity contribution is 5.45. The maximum atomic E-state index is 9.00. The van der Waals surface area contributed by atoms with E-state index in [2.05, 4.69) is 16.3 Å². The molecule has 1 aromatic rings. The zero-order valence-corrected chi connectivity index (χ0v) is 12.4. The molecule has 108 valence electrons. The number of ether oxygens (including phenoxy) is 1. The Hall–Kier alpha value is -1.57. The van der Waals surface area contributed by atoms with E-state index in [1.807, 2.05) is 25.2 Å². The highest BCUT2D eigenvalue weighted by Gasteiger charge is 2.18. The second-order valence-electron chi connectivity index (χ2n) is 5.42. The maximum absolute atomic E-state index is 9.00. The van der Waals surface area contributed by atoms with Gasteiger partial charge in [-0.05, 0) is 63.1 Å². The van der Waals surface area contributed by atoms with E-state index in [1.54, 1.807) is 7.11 Å². The standard InChI is InChI=1S/C16H23N3O/c1-18-11-13-5-7-19(8-6-13)12-14-3-4-15(10-17)16(9-14)20-2/h3-4,9,13,18H,5-8,11-12H2,1-2H3. The minimum absolute atomic E-state index is 0.601. The molecule has 1 N–H and O–H groups in total. The molecule has 20 heavy (non-hydrogen) atoms. The molecule has 0 aromatic heterocycles. The highest BCUT2D eigenvalue weighted by Crippen LogP contribution is 2.22. The summed E-state index contributed by atoms with van der Waals surface area (Å²) in [4.78, 5) is 2.48. The molecular formula is C16H23N3O. The molecule has 1 aromatic carbocycles. The van der Waals surface area contributed by atoms with Crippen LogP contribution in [0, 0.1) is 17.2 Å². The van der Waals surface area contributed by atoms with Crippen molar-refractivity contribution in [1.82, 2.24) is 10.2 Å². The van der Waals surface area contributed by atoms with E-state index in [-0.39, 0.29) is 0 Å². The van der Waals surface area contributed by atoms with Gasteiger partial charge in [-0.25, -0.2) is 0 Å². The average Bonchev–Trinajstić information content (AvgIpc) is 2.49. The van der Waals surface area contributed by atoms with Gasteiger partial charge in [0.15, 0.2) is 0 Å². The van der Waals surface area contributed by atoms with Crippen molar-refractivity contribution in [1.29, 1.82) is 5.26 Å². The van der Waals surface area contributed by atoms with E-state index in [9.17, 15) is 0 Å². The summed E-state index contributed by atoms with van der Waals surface area (Å²) in [6.45, 7) is 4.36. The summed E-state index contributed by atoms with van der Waals surface area (Å²) in [6, 6.07) is 8.01. The molecule has 0 bridgehead atoms. The molecule has 0 saturated carbocycles. The molecule has 1 fully saturated rings. The molecule has 0 aliphatic carbocycles. The third-order valence-corrected chi connectivity index (χ3v) is 3.99. The first-order valence-electron chi connectivity index (χ1n) is 7.20. The Morgan fingerprint density at radius 2 is 2.15 bits per heavy atom. The van der Waals surface area contributed by atoms with Crippen LogP contribution in [0.5, 0.6) is 5.75 Å². The lowest BCUT2D eigenvalue weighted by molar-refractivity contribution is 0.176. The number of rotatable bonds is 5. The first-order chi connectivity index (χ1) is 9.76. The summed E-state index contributed by atoms with van der Waals surface area (Å²) in [6.07, 6.45) is 2.52. The third-order valence-electron chi connectivity index (χ3n) is 3.99. The number of likely N-dealkylation sites (tertiary alicyclic amines) is 1. The second-order valence-corrected chi connectivity index (χ2v) is 5.42. The normalized spacial score (nSPS) is 16.9. The summed E-state index contributed by atoms with van der Waals surface area (Å²) < 4.78 is 5.27. The van der Waals surface area contributed by atoms with E-state index in [0.717, 1.165) is 32.1 Å². The van der Waals surface area contributed by atoms with Crippen molar-refractivity contribution in [2.45, 2.75) is 19.4 Å². The van der Waals surface area contributed by atoms with Crippen LogP contribution in [0.2, 0.25) is 0 Å². The lowest BCUT2D eigenvalue weighted by Crippen LogP contribution is -2.36. The SMILES string of the molecule is CNCC1CCN(Cc2ccc(C#N)c(OC)c2)CC1. The molecule has 4 heteroatoms. The second kappa shape index (κ2) is 7.28. The largest absolute Gasteiger partial charge is 0.495 e. The molecule has 0 unspecified atom stereocenters. The van der Waals surface area contributed by atoms with Crippen molar-refractivity contribution in [3.63, 3.8) is 0 Å². The molecule has 1 saturated heterocycles. The molecule has 2 rings (SSSR count). The summed E-state index contributed by atoms with van der Waals surface area (Å²) in [5, 5.41) is 12.3. The third kappa shape index (κ3) is 3.72. The molecule has 0 radical (unpaired) electrons. The Morgan fingerprint density at radius 3 is 2.75 bits per heavy atom. The number of methoxy groups -OCH3 is 1. The van der Waals surface area contributed by atoms with Crippen LogP contribution in [-0.2, 0) is 6.54 Å². The van der Waals surface area contributed by atoms with Crippen molar-refractivity contribution in [3.05, 3.63) is 29.3 Å². The lowest BCUT2D eigenvalue weighted by atomic mass is 9.96. The van der Waals surface area contributed by atoms with Crippen LogP contribution >= 0.6 is 0 Å². The van der Waals surface area contributed by atoms with E-state index < -0.39 is 0 Å². The highest BCUT2D eigenvalue weighted by atomic mass is 16.5. The molecular weight excluding hydrogens is 250 g/mol. The van der Waals surface area contributed by atoms with Gasteiger partial charge < -0.3 is 10.1 Å². The zero-order chi connectivity index (χ0) is 14.4. The molecule has 0 amide bonds. The average molecular weight is 273 g/mol. The van der Waals surface area contributed by atoms with Crippen LogP contribution in [0.1, 0.15) is 24.0 Å². The molecule has 1 aliphatic rings. The van der Waals surface area contributed by atoms with Gasteiger partial charge in [0.2, 0.25) is 0 Å². The van der Waals surface area contributed by atoms with Gasteiger partial charge in [0.25, 0.3) is 0 Å². The van der Waals surface area contributed by atoms with Gasteiger partial charge in [0.05, 0.1) is 12.7 Å². The van der Waals surface area contributed by atoms with Gasteiger partial charge in [-0.2, -0.15) is 5.26 Å². The molecule has 0 atom stereocenters. The lowest BCUT2D eigenvalue weighted by Gasteiger charge is -2.31. The van der Waals surface area contributed by atoms with Gasteiger partial charge in [-0.3, -0.25) is 4.90 Å². The van der Waals surface area contributed by atoms with E-state index in [1.165, 1.54) is 18.4 Å². The maximum Gasteiger partial charge on any atom is 0.136 e. The van der Waals surface area contributed by atoms with Crippen LogP contribution in [0.15, 0.2) is 18.2 Å². The van der Waals surface area contributed by atoms with E-state index >= 15 is 0 Å². The van der Waals surface area contributed by atoms with Crippen LogP contribution in [0.3, 0.4) is 0 Å². The summed E-state index contributed by atoms with van der Waals surface area (Å²) in [5.74, 6) is 1.49. The Kier molecular flexibility index (Phi) is 5.40. The van der Waals surface area contributed by atoms with Crippen LogP contribution in [0.4, 0.5) is 0 Å². The van der Waals surface area contributed by atoms with E-state index in [4.69, 9.17) is 10.00 Å². The number of hydrogen-bond donors (Lipinski definition) is 1. The molecule has 1 heterocycles. The molecule has 4 nitrogen and oxygen atoms in total.